The summed E-state index contributed by atoms with van der Waals surface area (Å²) in [7, 11) is 0. The summed E-state index contributed by atoms with van der Waals surface area (Å²) >= 11 is 1.45. The molecule has 1 fully saturated rings. The van der Waals surface area contributed by atoms with Crippen molar-refractivity contribution in [2.24, 2.45) is 5.92 Å². The molecule has 2 N–H and O–H groups in total. The molecule has 1 saturated heterocycles. The van der Waals surface area contributed by atoms with E-state index >= 15 is 0 Å². The maximum atomic E-state index is 12.5. The molecular formula is C18H18N2O4S. The zero-order valence-electron chi connectivity index (χ0n) is 13.5. The van der Waals surface area contributed by atoms with Crippen LogP contribution in [0.5, 0.6) is 0 Å². The molecule has 0 bridgehead atoms. The summed E-state index contributed by atoms with van der Waals surface area (Å²) in [5.41, 5.74) is 1.76. The predicted octanol–water partition coefficient (Wildman–Crippen LogP) is 2.94. The molecule has 0 atom stereocenters. The van der Waals surface area contributed by atoms with Crippen LogP contribution in [0.15, 0.2) is 41.1 Å². The molecule has 1 aliphatic rings. The monoisotopic (exact) mass is 358 g/mol. The third kappa shape index (κ3) is 4.06. The highest BCUT2D eigenvalue weighted by atomic mass is 32.1. The molecule has 2 aromatic rings. The zero-order valence-corrected chi connectivity index (χ0v) is 14.3. The number of piperidine rings is 1. The first-order valence-corrected chi connectivity index (χ1v) is 8.94. The van der Waals surface area contributed by atoms with E-state index in [1.54, 1.807) is 40.6 Å². The molecule has 2 heterocycles. The lowest BCUT2D eigenvalue weighted by Crippen LogP contribution is -2.40. The van der Waals surface area contributed by atoms with E-state index in [1.807, 2.05) is 5.38 Å². The van der Waals surface area contributed by atoms with Crippen LogP contribution in [-0.4, -0.2) is 40.9 Å². The molecule has 0 radical (unpaired) electrons. The number of thiophene rings is 1. The van der Waals surface area contributed by atoms with Gasteiger partial charge >= 0.3 is 5.97 Å². The first-order chi connectivity index (χ1) is 12.0. The number of carbonyl (C=O) groups excluding carboxylic acids is 2. The lowest BCUT2D eigenvalue weighted by atomic mass is 9.96. The summed E-state index contributed by atoms with van der Waals surface area (Å²) in [6, 6.07) is 8.49. The lowest BCUT2D eigenvalue weighted by Gasteiger charge is -2.30. The smallest absolute Gasteiger partial charge is 0.306 e. The van der Waals surface area contributed by atoms with E-state index in [1.165, 1.54) is 11.3 Å². The van der Waals surface area contributed by atoms with Crippen molar-refractivity contribution in [3.63, 3.8) is 0 Å². The van der Waals surface area contributed by atoms with Gasteiger partial charge in [-0.25, -0.2) is 0 Å². The first kappa shape index (κ1) is 17.2. The first-order valence-electron chi connectivity index (χ1n) is 8.00. The molecule has 3 rings (SSSR count). The number of carbonyl (C=O) groups is 3. The van der Waals surface area contributed by atoms with Crippen LogP contribution in [0, 0.1) is 5.92 Å². The van der Waals surface area contributed by atoms with Crippen LogP contribution in [0.4, 0.5) is 5.69 Å². The summed E-state index contributed by atoms with van der Waals surface area (Å²) in [6.07, 6.45) is 0.964. The van der Waals surface area contributed by atoms with Crippen LogP contribution in [0.2, 0.25) is 0 Å². The highest BCUT2D eigenvalue weighted by Gasteiger charge is 2.27. The van der Waals surface area contributed by atoms with Gasteiger partial charge in [-0.15, -0.1) is 0 Å². The van der Waals surface area contributed by atoms with E-state index in [0.717, 1.165) is 0 Å². The molecule has 0 saturated carbocycles. The van der Waals surface area contributed by atoms with Crippen molar-refractivity contribution >= 4 is 34.8 Å². The van der Waals surface area contributed by atoms with Gasteiger partial charge in [-0.2, -0.15) is 11.3 Å². The number of amides is 2. The van der Waals surface area contributed by atoms with E-state index in [-0.39, 0.29) is 17.7 Å². The van der Waals surface area contributed by atoms with Crippen LogP contribution in [0.25, 0.3) is 0 Å². The number of nitrogens with one attached hydrogen (secondary N) is 1. The Kier molecular flexibility index (Phi) is 5.14. The fourth-order valence-corrected chi connectivity index (χ4v) is 3.44. The quantitative estimate of drug-likeness (QED) is 0.880. The van der Waals surface area contributed by atoms with Crippen LogP contribution >= 0.6 is 11.3 Å². The number of benzene rings is 1. The largest absolute Gasteiger partial charge is 0.481 e. The van der Waals surface area contributed by atoms with Crippen LogP contribution in [-0.2, 0) is 4.79 Å². The second-order valence-corrected chi connectivity index (χ2v) is 6.73. The van der Waals surface area contributed by atoms with Gasteiger partial charge in [0.2, 0.25) is 0 Å². The van der Waals surface area contributed by atoms with Gasteiger partial charge in [0.25, 0.3) is 11.8 Å². The Morgan fingerprint density at radius 1 is 1.04 bits per heavy atom. The zero-order chi connectivity index (χ0) is 17.8. The van der Waals surface area contributed by atoms with Gasteiger partial charge in [-0.05, 0) is 48.6 Å². The lowest BCUT2D eigenvalue weighted by molar-refractivity contribution is -0.143. The van der Waals surface area contributed by atoms with Gasteiger partial charge in [-0.1, -0.05) is 0 Å². The van der Waals surface area contributed by atoms with Crippen LogP contribution in [0.1, 0.15) is 33.6 Å². The molecule has 130 valence electrons. The normalized spacial score (nSPS) is 15.0. The summed E-state index contributed by atoms with van der Waals surface area (Å²) in [6.45, 7) is 0.902. The maximum Gasteiger partial charge on any atom is 0.306 e. The standard InChI is InChI=1S/C18H18N2O4S/c21-16(14-7-10-25-11-14)19-15-3-1-12(2-4-15)17(22)20-8-5-13(6-9-20)18(23)24/h1-4,7,10-11,13H,5-6,8-9H2,(H,19,21)(H,23,24). The number of hydrogen-bond acceptors (Lipinski definition) is 4. The number of anilines is 1. The van der Waals surface area contributed by atoms with Gasteiger partial charge < -0.3 is 15.3 Å². The number of hydrogen-bond donors (Lipinski definition) is 2. The minimum absolute atomic E-state index is 0.112. The molecule has 1 aromatic heterocycles. The van der Waals surface area contributed by atoms with E-state index in [4.69, 9.17) is 5.11 Å². The summed E-state index contributed by atoms with van der Waals surface area (Å²) in [4.78, 5) is 37.1. The number of carboxylic acid groups (broad SMARTS) is 1. The third-order valence-electron chi connectivity index (χ3n) is 4.30. The van der Waals surface area contributed by atoms with Gasteiger partial charge in [0, 0.05) is 29.7 Å². The number of likely N-dealkylation sites (tertiary alicyclic amines) is 1. The second kappa shape index (κ2) is 7.48. The summed E-state index contributed by atoms with van der Waals surface area (Å²) in [5.74, 6) is -1.45. The Balaban J connectivity index is 1.59. The molecule has 0 unspecified atom stereocenters. The Morgan fingerprint density at radius 3 is 2.28 bits per heavy atom. The minimum Gasteiger partial charge on any atom is -0.481 e. The van der Waals surface area contributed by atoms with Crippen molar-refractivity contribution in [1.82, 2.24) is 4.90 Å². The van der Waals surface area contributed by atoms with Crippen molar-refractivity contribution in [2.75, 3.05) is 18.4 Å². The molecule has 2 amide bonds. The number of rotatable bonds is 4. The molecule has 0 aliphatic carbocycles. The SMILES string of the molecule is O=C(Nc1ccc(C(=O)N2CCC(C(=O)O)CC2)cc1)c1ccsc1. The van der Waals surface area contributed by atoms with Crippen molar-refractivity contribution in [2.45, 2.75) is 12.8 Å². The second-order valence-electron chi connectivity index (χ2n) is 5.95. The predicted molar refractivity (Wildman–Crippen MR) is 95.0 cm³/mol. The molecule has 6 nitrogen and oxygen atoms in total. The topological polar surface area (TPSA) is 86.7 Å². The average Bonchev–Trinajstić information content (AvgIpc) is 3.17. The minimum atomic E-state index is -0.794. The van der Waals surface area contributed by atoms with Crippen molar-refractivity contribution in [1.29, 1.82) is 0 Å². The highest BCUT2D eigenvalue weighted by molar-refractivity contribution is 7.08. The van der Waals surface area contributed by atoms with Crippen molar-refractivity contribution in [3.8, 4) is 0 Å². The summed E-state index contributed by atoms with van der Waals surface area (Å²) < 4.78 is 0. The Hall–Kier alpha value is -2.67. The molecule has 0 spiro atoms. The van der Waals surface area contributed by atoms with Crippen LogP contribution < -0.4 is 5.32 Å². The maximum absolute atomic E-state index is 12.5. The van der Waals surface area contributed by atoms with E-state index < -0.39 is 5.97 Å². The Morgan fingerprint density at radius 2 is 1.72 bits per heavy atom. The third-order valence-corrected chi connectivity index (χ3v) is 4.99. The number of aliphatic carboxylic acids is 1. The fraction of sp³-hybridized carbons (Fsp3) is 0.278. The molecule has 1 aliphatic heterocycles. The Bertz CT molecular complexity index is 763. The van der Waals surface area contributed by atoms with E-state index in [9.17, 15) is 14.4 Å². The van der Waals surface area contributed by atoms with E-state index in [0.29, 0.717) is 42.7 Å². The fourth-order valence-electron chi connectivity index (χ4n) is 2.81. The van der Waals surface area contributed by atoms with Gasteiger partial charge in [0.15, 0.2) is 0 Å². The van der Waals surface area contributed by atoms with Crippen molar-refractivity contribution < 1.29 is 19.5 Å². The number of nitrogens with zero attached hydrogens (tertiary/aromatic N) is 1. The Labute approximate surface area is 149 Å². The average molecular weight is 358 g/mol. The molecule has 1 aromatic carbocycles. The van der Waals surface area contributed by atoms with Gasteiger partial charge in [0.05, 0.1) is 11.5 Å². The van der Waals surface area contributed by atoms with Gasteiger partial charge in [0.1, 0.15) is 0 Å². The van der Waals surface area contributed by atoms with Crippen molar-refractivity contribution in [3.05, 3.63) is 52.2 Å². The summed E-state index contributed by atoms with van der Waals surface area (Å²) in [5, 5.41) is 15.4. The van der Waals surface area contributed by atoms with Gasteiger partial charge in [-0.3, -0.25) is 14.4 Å². The van der Waals surface area contributed by atoms with Crippen LogP contribution in [0.3, 0.4) is 0 Å². The molecule has 25 heavy (non-hydrogen) atoms. The highest BCUT2D eigenvalue weighted by Crippen LogP contribution is 2.20. The van der Waals surface area contributed by atoms with E-state index in [2.05, 4.69) is 5.32 Å². The molecular weight excluding hydrogens is 340 g/mol. The molecule has 7 heteroatoms. The number of carboxylic acids is 1.